The average molecular weight is 172 g/mol. The Morgan fingerprint density at radius 3 is 3.08 bits per heavy atom. The monoisotopic (exact) mass is 172 g/mol. The second-order valence-corrected chi connectivity index (χ2v) is 3.26. The topological polar surface area (TPSA) is 44.9 Å². The fraction of sp³-hybridized carbons (Fsp3) is 0.100. The largest absolute Gasteiger partial charge is 0.361 e. The molecule has 1 aliphatic rings. The van der Waals surface area contributed by atoms with E-state index in [1.54, 1.807) is 0 Å². The Hall–Kier alpha value is -1.77. The molecule has 0 radical (unpaired) electrons. The summed E-state index contributed by atoms with van der Waals surface area (Å²) in [7, 11) is 0. The van der Waals surface area contributed by atoms with Crippen molar-refractivity contribution >= 4 is 22.5 Å². The predicted molar refractivity (Wildman–Crippen MR) is 50.6 cm³/mol. The normalized spacial score (nSPS) is 14.6. The van der Waals surface area contributed by atoms with Crippen molar-refractivity contribution in [3.05, 3.63) is 30.0 Å². The zero-order chi connectivity index (χ0) is 8.84. The molecule has 2 aromatic rings. The number of carbonyl (C=O) groups is 1. The first-order valence-electron chi connectivity index (χ1n) is 4.23. The molecule has 0 unspecified atom stereocenters. The molecule has 0 saturated heterocycles. The third-order valence-electron chi connectivity index (χ3n) is 2.44. The van der Waals surface area contributed by atoms with Gasteiger partial charge in [-0.15, -0.1) is 0 Å². The van der Waals surface area contributed by atoms with Crippen LogP contribution in [-0.2, 0) is 11.2 Å². The minimum absolute atomic E-state index is 0.0868. The van der Waals surface area contributed by atoms with Crippen LogP contribution in [0.4, 0.5) is 5.69 Å². The first-order valence-corrected chi connectivity index (χ1v) is 4.23. The highest BCUT2D eigenvalue weighted by Crippen LogP contribution is 2.30. The standard InChI is InChI=1S/C10H8N2O/c13-9-5-6-1-2-8-7(3-4-11-8)10(6)12-9/h1-4,11H,5H2,(H,12,13). The number of anilines is 1. The number of hydrogen-bond acceptors (Lipinski definition) is 1. The molecule has 13 heavy (non-hydrogen) atoms. The van der Waals surface area contributed by atoms with Crippen LogP contribution in [0, 0.1) is 0 Å². The van der Waals surface area contributed by atoms with Crippen LogP contribution in [0.2, 0.25) is 0 Å². The van der Waals surface area contributed by atoms with Gasteiger partial charge in [0.25, 0.3) is 0 Å². The fourth-order valence-corrected chi connectivity index (χ4v) is 1.83. The Balaban J connectivity index is 2.40. The molecule has 64 valence electrons. The number of carbonyl (C=O) groups excluding carboxylic acids is 1. The summed E-state index contributed by atoms with van der Waals surface area (Å²) in [6.45, 7) is 0. The summed E-state index contributed by atoms with van der Waals surface area (Å²) < 4.78 is 0. The van der Waals surface area contributed by atoms with Gasteiger partial charge in [-0.1, -0.05) is 6.07 Å². The lowest BCUT2D eigenvalue weighted by Crippen LogP contribution is -2.03. The maximum absolute atomic E-state index is 11.1. The first kappa shape index (κ1) is 6.71. The molecule has 0 bridgehead atoms. The van der Waals surface area contributed by atoms with Crippen LogP contribution in [0.3, 0.4) is 0 Å². The van der Waals surface area contributed by atoms with E-state index in [-0.39, 0.29) is 5.91 Å². The first-order chi connectivity index (χ1) is 6.34. The molecular weight excluding hydrogens is 164 g/mol. The number of hydrogen-bond donors (Lipinski definition) is 2. The van der Waals surface area contributed by atoms with Gasteiger partial charge in [-0.3, -0.25) is 4.79 Å². The van der Waals surface area contributed by atoms with Crippen LogP contribution in [0.5, 0.6) is 0 Å². The SMILES string of the molecule is O=C1Cc2ccc3[nH]ccc3c2N1. The zero-order valence-electron chi connectivity index (χ0n) is 6.92. The molecule has 1 amide bonds. The summed E-state index contributed by atoms with van der Waals surface area (Å²) in [6, 6.07) is 5.99. The minimum Gasteiger partial charge on any atom is -0.361 e. The average Bonchev–Trinajstić information content (AvgIpc) is 2.65. The van der Waals surface area contributed by atoms with E-state index in [1.807, 2.05) is 24.4 Å². The summed E-state index contributed by atoms with van der Waals surface area (Å²) in [6.07, 6.45) is 2.39. The highest BCUT2D eigenvalue weighted by atomic mass is 16.1. The number of aromatic amines is 1. The van der Waals surface area contributed by atoms with Gasteiger partial charge in [0.1, 0.15) is 0 Å². The third-order valence-corrected chi connectivity index (χ3v) is 2.44. The van der Waals surface area contributed by atoms with Crippen molar-refractivity contribution < 1.29 is 4.79 Å². The number of benzene rings is 1. The van der Waals surface area contributed by atoms with Gasteiger partial charge < -0.3 is 10.3 Å². The van der Waals surface area contributed by atoms with E-state index in [4.69, 9.17) is 0 Å². The van der Waals surface area contributed by atoms with Crippen LogP contribution >= 0.6 is 0 Å². The molecule has 3 heteroatoms. The Morgan fingerprint density at radius 2 is 2.15 bits per heavy atom. The lowest BCUT2D eigenvalue weighted by molar-refractivity contribution is -0.115. The second kappa shape index (κ2) is 2.13. The van der Waals surface area contributed by atoms with Crippen molar-refractivity contribution in [3.63, 3.8) is 0 Å². The molecule has 0 aliphatic carbocycles. The van der Waals surface area contributed by atoms with Gasteiger partial charge in [-0.2, -0.15) is 0 Å². The van der Waals surface area contributed by atoms with E-state index in [2.05, 4.69) is 10.3 Å². The van der Waals surface area contributed by atoms with Crippen molar-refractivity contribution in [2.24, 2.45) is 0 Å². The van der Waals surface area contributed by atoms with E-state index in [0.717, 1.165) is 22.2 Å². The van der Waals surface area contributed by atoms with Gasteiger partial charge in [0.15, 0.2) is 0 Å². The van der Waals surface area contributed by atoms with Crippen molar-refractivity contribution in [2.45, 2.75) is 6.42 Å². The zero-order valence-corrected chi connectivity index (χ0v) is 6.92. The molecule has 0 fully saturated rings. The maximum atomic E-state index is 11.1. The van der Waals surface area contributed by atoms with Crippen molar-refractivity contribution in [1.82, 2.24) is 4.98 Å². The second-order valence-electron chi connectivity index (χ2n) is 3.26. The van der Waals surface area contributed by atoms with Crippen LogP contribution in [0.15, 0.2) is 24.4 Å². The molecule has 3 rings (SSSR count). The highest BCUT2D eigenvalue weighted by Gasteiger charge is 2.19. The molecule has 0 saturated carbocycles. The lowest BCUT2D eigenvalue weighted by Gasteiger charge is -1.99. The fourth-order valence-electron chi connectivity index (χ4n) is 1.83. The smallest absolute Gasteiger partial charge is 0.228 e. The number of rotatable bonds is 0. The Morgan fingerprint density at radius 1 is 1.23 bits per heavy atom. The summed E-state index contributed by atoms with van der Waals surface area (Å²) >= 11 is 0. The number of amides is 1. The molecule has 0 atom stereocenters. The number of aromatic nitrogens is 1. The number of nitrogens with one attached hydrogen (secondary N) is 2. The predicted octanol–water partition coefficient (Wildman–Crippen LogP) is 1.66. The molecule has 1 aliphatic heterocycles. The summed E-state index contributed by atoms with van der Waals surface area (Å²) in [5.41, 5.74) is 3.14. The van der Waals surface area contributed by atoms with Crippen molar-refractivity contribution in [1.29, 1.82) is 0 Å². The molecule has 1 aromatic heterocycles. The maximum Gasteiger partial charge on any atom is 0.228 e. The van der Waals surface area contributed by atoms with E-state index in [0.29, 0.717) is 6.42 Å². The van der Waals surface area contributed by atoms with E-state index < -0.39 is 0 Å². The molecule has 2 N–H and O–H groups in total. The van der Waals surface area contributed by atoms with Crippen LogP contribution in [0.25, 0.3) is 10.9 Å². The number of fused-ring (bicyclic) bond motifs is 3. The minimum atomic E-state index is 0.0868. The van der Waals surface area contributed by atoms with Gasteiger partial charge >= 0.3 is 0 Å². The van der Waals surface area contributed by atoms with Crippen molar-refractivity contribution in [3.8, 4) is 0 Å². The van der Waals surface area contributed by atoms with Crippen LogP contribution < -0.4 is 5.32 Å². The quantitative estimate of drug-likeness (QED) is 0.623. The van der Waals surface area contributed by atoms with E-state index in [9.17, 15) is 4.79 Å². The van der Waals surface area contributed by atoms with Crippen LogP contribution in [0.1, 0.15) is 5.56 Å². The van der Waals surface area contributed by atoms with E-state index >= 15 is 0 Å². The van der Waals surface area contributed by atoms with Gasteiger partial charge in [0.2, 0.25) is 5.91 Å². The molecule has 0 spiro atoms. The molecule has 3 nitrogen and oxygen atoms in total. The van der Waals surface area contributed by atoms with Crippen LogP contribution in [-0.4, -0.2) is 10.9 Å². The summed E-state index contributed by atoms with van der Waals surface area (Å²) in [5, 5.41) is 3.97. The van der Waals surface area contributed by atoms with Gasteiger partial charge in [-0.25, -0.2) is 0 Å². The number of H-pyrrole nitrogens is 1. The van der Waals surface area contributed by atoms with E-state index in [1.165, 1.54) is 0 Å². The summed E-state index contributed by atoms with van der Waals surface area (Å²) in [5.74, 6) is 0.0868. The molecule has 2 heterocycles. The third kappa shape index (κ3) is 0.811. The highest BCUT2D eigenvalue weighted by molar-refractivity contribution is 6.08. The Labute approximate surface area is 74.8 Å². The van der Waals surface area contributed by atoms with Gasteiger partial charge in [0.05, 0.1) is 12.1 Å². The van der Waals surface area contributed by atoms with Gasteiger partial charge in [0, 0.05) is 17.1 Å². The molecular formula is C10H8N2O. The Kier molecular flexibility index (Phi) is 1.10. The Bertz CT molecular complexity index is 499. The molecule has 1 aromatic carbocycles. The van der Waals surface area contributed by atoms with Gasteiger partial charge in [-0.05, 0) is 17.7 Å². The summed E-state index contributed by atoms with van der Waals surface area (Å²) in [4.78, 5) is 14.3. The lowest BCUT2D eigenvalue weighted by atomic mass is 10.1. The van der Waals surface area contributed by atoms with Crippen molar-refractivity contribution in [2.75, 3.05) is 5.32 Å².